The summed E-state index contributed by atoms with van der Waals surface area (Å²) in [6.07, 6.45) is 0.601. The number of hydrogen-bond acceptors (Lipinski definition) is 5. The molecule has 2 aromatic rings. The Bertz CT molecular complexity index is 468. The van der Waals surface area contributed by atoms with Gasteiger partial charge in [0, 0.05) is 0 Å². The van der Waals surface area contributed by atoms with E-state index in [-0.39, 0.29) is 5.75 Å². The van der Waals surface area contributed by atoms with Gasteiger partial charge in [-0.25, -0.2) is 0 Å². The number of aromatic nitrogens is 2. The van der Waals surface area contributed by atoms with Gasteiger partial charge >= 0.3 is 0 Å². The molecule has 0 bridgehead atoms. The third kappa shape index (κ3) is 3.49. The van der Waals surface area contributed by atoms with E-state index >= 15 is 0 Å². The van der Waals surface area contributed by atoms with Gasteiger partial charge in [0.1, 0.15) is 5.75 Å². The van der Waals surface area contributed by atoms with E-state index in [0.717, 1.165) is 22.9 Å². The Morgan fingerprint density at radius 3 is 2.76 bits per heavy atom. The second-order valence-electron chi connectivity index (χ2n) is 3.58. The van der Waals surface area contributed by atoms with Crippen molar-refractivity contribution in [1.82, 2.24) is 10.1 Å². The summed E-state index contributed by atoms with van der Waals surface area (Å²) in [5.41, 5.74) is 1.04. The molecular formula is C12H14N2O2S. The number of nitrogens with zero attached hydrogens (tertiary/aromatic N) is 2. The fourth-order valence-corrected chi connectivity index (χ4v) is 1.91. The lowest BCUT2D eigenvalue weighted by molar-refractivity contribution is 0.381. The zero-order valence-electron chi connectivity index (χ0n) is 9.59. The summed E-state index contributed by atoms with van der Waals surface area (Å²) in [5, 5.41) is 13.1. The normalized spacial score (nSPS) is 10.6. The molecular weight excluding hydrogens is 236 g/mol. The Morgan fingerprint density at radius 2 is 2.06 bits per heavy atom. The van der Waals surface area contributed by atoms with Crippen LogP contribution in [0.4, 0.5) is 0 Å². The second kappa shape index (κ2) is 5.72. The summed E-state index contributed by atoms with van der Waals surface area (Å²) in [4.78, 5) is 4.30. The number of hydrogen-bond donors (Lipinski definition) is 1. The molecule has 0 amide bonds. The van der Waals surface area contributed by atoms with Gasteiger partial charge in [0.05, 0.1) is 12.2 Å². The molecule has 2 rings (SSSR count). The first-order chi connectivity index (χ1) is 8.28. The van der Waals surface area contributed by atoms with Crippen molar-refractivity contribution in [3.63, 3.8) is 0 Å². The van der Waals surface area contributed by atoms with Crippen LogP contribution in [0.15, 0.2) is 28.8 Å². The lowest BCUT2D eigenvalue weighted by Gasteiger charge is -1.96. The van der Waals surface area contributed by atoms with Crippen LogP contribution in [0, 0.1) is 0 Å². The lowest BCUT2D eigenvalue weighted by atomic mass is 10.1. The molecule has 0 aliphatic heterocycles. The predicted molar refractivity (Wildman–Crippen MR) is 67.0 cm³/mol. The van der Waals surface area contributed by atoms with E-state index in [1.165, 1.54) is 0 Å². The molecule has 0 saturated carbocycles. The molecule has 0 saturated heterocycles. The van der Waals surface area contributed by atoms with Crippen LogP contribution in [-0.4, -0.2) is 21.0 Å². The quantitative estimate of drug-likeness (QED) is 0.884. The van der Waals surface area contributed by atoms with E-state index < -0.39 is 0 Å². The molecule has 4 nitrogen and oxygen atoms in total. The Morgan fingerprint density at radius 1 is 1.29 bits per heavy atom. The van der Waals surface area contributed by atoms with Gasteiger partial charge in [0.15, 0.2) is 5.82 Å². The Balaban J connectivity index is 1.98. The third-order valence-corrected chi connectivity index (χ3v) is 3.11. The second-order valence-corrected chi connectivity index (χ2v) is 4.86. The standard InChI is InChI=1S/C12H14N2O2S/c1-2-17-8-11-13-12(16-14-11)7-9-3-5-10(15)6-4-9/h3-6,15H,2,7-8H2,1H3. The van der Waals surface area contributed by atoms with Crippen molar-refractivity contribution in [2.45, 2.75) is 19.1 Å². The maximum Gasteiger partial charge on any atom is 0.231 e. The maximum atomic E-state index is 9.17. The van der Waals surface area contributed by atoms with E-state index in [0.29, 0.717) is 12.3 Å². The average Bonchev–Trinajstić information content (AvgIpc) is 2.77. The predicted octanol–water partition coefficient (Wildman–Crippen LogP) is 2.62. The molecule has 5 heteroatoms. The minimum atomic E-state index is 0.263. The van der Waals surface area contributed by atoms with Gasteiger partial charge < -0.3 is 9.63 Å². The van der Waals surface area contributed by atoms with Crippen molar-refractivity contribution in [2.75, 3.05) is 5.75 Å². The van der Waals surface area contributed by atoms with Crippen molar-refractivity contribution < 1.29 is 9.63 Å². The smallest absolute Gasteiger partial charge is 0.231 e. The van der Waals surface area contributed by atoms with Gasteiger partial charge in [0.2, 0.25) is 5.89 Å². The average molecular weight is 250 g/mol. The van der Waals surface area contributed by atoms with Crippen LogP contribution in [0.25, 0.3) is 0 Å². The molecule has 17 heavy (non-hydrogen) atoms. The van der Waals surface area contributed by atoms with Crippen LogP contribution in [-0.2, 0) is 12.2 Å². The van der Waals surface area contributed by atoms with Crippen molar-refractivity contribution in [3.8, 4) is 5.75 Å². The van der Waals surface area contributed by atoms with E-state index in [1.54, 1.807) is 23.9 Å². The van der Waals surface area contributed by atoms with Crippen molar-refractivity contribution >= 4 is 11.8 Å². The van der Waals surface area contributed by atoms with E-state index in [4.69, 9.17) is 9.63 Å². The maximum absolute atomic E-state index is 9.17. The van der Waals surface area contributed by atoms with Crippen LogP contribution >= 0.6 is 11.8 Å². The Hall–Kier alpha value is -1.49. The molecule has 1 aromatic heterocycles. The fraction of sp³-hybridized carbons (Fsp3) is 0.333. The summed E-state index contributed by atoms with van der Waals surface area (Å²) in [7, 11) is 0. The first kappa shape index (κ1) is 12.0. The number of thioether (sulfide) groups is 1. The van der Waals surface area contributed by atoms with Crippen LogP contribution in [0.1, 0.15) is 24.2 Å². The minimum Gasteiger partial charge on any atom is -0.508 e. The number of rotatable bonds is 5. The highest BCUT2D eigenvalue weighted by atomic mass is 32.2. The number of phenols is 1. The molecule has 90 valence electrons. The fourth-order valence-electron chi connectivity index (χ4n) is 1.40. The molecule has 0 radical (unpaired) electrons. The van der Waals surface area contributed by atoms with Gasteiger partial charge in [0.25, 0.3) is 0 Å². The lowest BCUT2D eigenvalue weighted by Crippen LogP contribution is -1.89. The van der Waals surface area contributed by atoms with E-state index in [9.17, 15) is 0 Å². The zero-order valence-corrected chi connectivity index (χ0v) is 10.4. The van der Waals surface area contributed by atoms with Crippen molar-refractivity contribution in [2.24, 2.45) is 0 Å². The number of phenolic OH excluding ortho intramolecular Hbond substituents is 1. The highest BCUT2D eigenvalue weighted by Crippen LogP contribution is 2.14. The third-order valence-electron chi connectivity index (χ3n) is 2.24. The summed E-state index contributed by atoms with van der Waals surface area (Å²) in [6.45, 7) is 2.10. The Labute approximate surface area is 104 Å². The molecule has 0 unspecified atom stereocenters. The molecule has 0 spiro atoms. The van der Waals surface area contributed by atoms with Gasteiger partial charge in [-0.1, -0.05) is 24.2 Å². The zero-order chi connectivity index (χ0) is 12.1. The van der Waals surface area contributed by atoms with Crippen LogP contribution in [0.5, 0.6) is 5.75 Å². The van der Waals surface area contributed by atoms with Crippen LogP contribution < -0.4 is 0 Å². The molecule has 0 aliphatic carbocycles. The number of benzene rings is 1. The topological polar surface area (TPSA) is 59.2 Å². The largest absolute Gasteiger partial charge is 0.508 e. The van der Waals surface area contributed by atoms with Gasteiger partial charge in [-0.15, -0.1) is 0 Å². The van der Waals surface area contributed by atoms with Crippen molar-refractivity contribution in [1.29, 1.82) is 0 Å². The summed E-state index contributed by atoms with van der Waals surface area (Å²) >= 11 is 1.76. The monoisotopic (exact) mass is 250 g/mol. The molecule has 0 aliphatic rings. The first-order valence-electron chi connectivity index (χ1n) is 5.45. The van der Waals surface area contributed by atoms with Gasteiger partial charge in [-0.05, 0) is 23.4 Å². The van der Waals surface area contributed by atoms with E-state index in [2.05, 4.69) is 17.1 Å². The van der Waals surface area contributed by atoms with Crippen LogP contribution in [0.3, 0.4) is 0 Å². The highest BCUT2D eigenvalue weighted by Gasteiger charge is 2.06. The summed E-state index contributed by atoms with van der Waals surface area (Å²) in [6, 6.07) is 7.00. The minimum absolute atomic E-state index is 0.263. The molecule has 1 heterocycles. The van der Waals surface area contributed by atoms with Crippen molar-refractivity contribution in [3.05, 3.63) is 41.5 Å². The molecule has 1 aromatic carbocycles. The van der Waals surface area contributed by atoms with Crippen LogP contribution in [0.2, 0.25) is 0 Å². The summed E-state index contributed by atoms with van der Waals surface area (Å²) < 4.78 is 5.16. The first-order valence-corrected chi connectivity index (χ1v) is 6.60. The van der Waals surface area contributed by atoms with Gasteiger partial charge in [-0.2, -0.15) is 16.7 Å². The van der Waals surface area contributed by atoms with Gasteiger partial charge in [-0.3, -0.25) is 0 Å². The Kier molecular flexibility index (Phi) is 4.03. The molecule has 0 fully saturated rings. The SMILES string of the molecule is CCSCc1noc(Cc2ccc(O)cc2)n1. The molecule has 0 atom stereocenters. The highest BCUT2D eigenvalue weighted by molar-refractivity contribution is 7.98. The number of aromatic hydroxyl groups is 1. The summed E-state index contributed by atoms with van der Waals surface area (Å²) in [5.74, 6) is 3.45. The van der Waals surface area contributed by atoms with E-state index in [1.807, 2.05) is 12.1 Å². The molecule has 1 N–H and O–H groups in total.